The second kappa shape index (κ2) is 13.7. The summed E-state index contributed by atoms with van der Waals surface area (Å²) in [5.41, 5.74) is 1.82. The Kier molecular flexibility index (Phi) is 9.91. The lowest BCUT2D eigenvalue weighted by atomic mass is 9.94. The van der Waals surface area contributed by atoms with Gasteiger partial charge in [-0.2, -0.15) is 11.3 Å². The van der Waals surface area contributed by atoms with E-state index in [1.54, 1.807) is 46.2 Å². The molecule has 2 aromatic heterocycles. The van der Waals surface area contributed by atoms with Crippen LogP contribution in [0.3, 0.4) is 0 Å². The molecule has 3 N–H and O–H groups in total. The van der Waals surface area contributed by atoms with Gasteiger partial charge >= 0.3 is 5.97 Å². The number of fused-ring (bicyclic) bond motifs is 1. The molecule has 5 rings (SSSR count). The third-order valence-corrected chi connectivity index (χ3v) is 7.64. The summed E-state index contributed by atoms with van der Waals surface area (Å²) in [4.78, 5) is 43.3. The number of anilines is 1. The lowest BCUT2D eigenvalue weighted by molar-refractivity contribution is -0.137. The maximum atomic E-state index is 13.2. The molecule has 0 atom stereocenters. The molecule has 2 aromatic carbocycles. The van der Waals surface area contributed by atoms with Gasteiger partial charge in [0.15, 0.2) is 0 Å². The van der Waals surface area contributed by atoms with Crippen molar-refractivity contribution in [1.29, 1.82) is 0 Å². The molecule has 0 spiro atoms. The second-order valence-corrected chi connectivity index (χ2v) is 10.6. The van der Waals surface area contributed by atoms with Crippen LogP contribution in [0.25, 0.3) is 11.0 Å². The topological polar surface area (TPSA) is 125 Å². The predicted octanol–water partition coefficient (Wildman–Crippen LogP) is 6.01. The first-order chi connectivity index (χ1) is 19.3. The van der Waals surface area contributed by atoms with Gasteiger partial charge in [0.05, 0.1) is 16.6 Å². The molecule has 1 aliphatic rings. The maximum Gasteiger partial charge on any atom is 0.303 e. The van der Waals surface area contributed by atoms with Crippen molar-refractivity contribution in [2.45, 2.75) is 57.5 Å². The van der Waals surface area contributed by atoms with Crippen LogP contribution in [0.4, 0.5) is 5.95 Å². The predicted molar refractivity (Wildman–Crippen MR) is 156 cm³/mol. The van der Waals surface area contributed by atoms with Crippen LogP contribution >= 0.6 is 11.3 Å². The summed E-state index contributed by atoms with van der Waals surface area (Å²) in [6.45, 7) is 0.314. The number of phenols is 1. The number of rotatable bonds is 8. The van der Waals surface area contributed by atoms with Gasteiger partial charge in [0.1, 0.15) is 5.75 Å². The van der Waals surface area contributed by atoms with Gasteiger partial charge in [-0.05, 0) is 60.4 Å². The van der Waals surface area contributed by atoms with E-state index in [2.05, 4.69) is 10.3 Å². The molecule has 1 fully saturated rings. The molecule has 40 heavy (non-hydrogen) atoms. The van der Waals surface area contributed by atoms with Crippen molar-refractivity contribution >= 4 is 46.1 Å². The van der Waals surface area contributed by atoms with Gasteiger partial charge < -0.3 is 19.7 Å². The molecule has 2 heterocycles. The fourth-order valence-corrected chi connectivity index (χ4v) is 5.33. The summed E-state index contributed by atoms with van der Waals surface area (Å²) in [6, 6.07) is 15.7. The number of nitrogens with one attached hydrogen (secondary N) is 1. The lowest BCUT2D eigenvalue weighted by Gasteiger charge is -2.31. The largest absolute Gasteiger partial charge is 0.507 e. The number of aryl methyl sites for hydroxylation is 1. The standard InChI is InChI=1S/C26H30N4O5.C4H4S/c1-29(18-8-3-2-4-9-18)25(35)17-13-14-21-20(16-17)27-26(30(21)15-7-12-23(32)33)28-24(34)19-10-5-6-11-22(19)31;1-2-4-5-3-1/h5-6,10-11,13-14,16,18,31H,2-4,7-9,12,15H2,1H3,(H,32,33)(H,27,28,34);1-4H. The highest BCUT2D eigenvalue weighted by Crippen LogP contribution is 2.26. The lowest BCUT2D eigenvalue weighted by Crippen LogP contribution is -2.38. The number of carboxylic acids is 1. The smallest absolute Gasteiger partial charge is 0.303 e. The van der Waals surface area contributed by atoms with Crippen LogP contribution in [0.15, 0.2) is 65.4 Å². The van der Waals surface area contributed by atoms with Crippen LogP contribution in [-0.4, -0.2) is 55.5 Å². The SMILES string of the molecule is CN(C(=O)c1ccc2c(c1)nc(NC(=O)c1ccccc1O)n2CCCC(=O)O)C1CCCCC1.c1ccsc1. The molecule has 210 valence electrons. The minimum absolute atomic E-state index is 0.0325. The van der Waals surface area contributed by atoms with E-state index >= 15 is 0 Å². The summed E-state index contributed by atoms with van der Waals surface area (Å²) < 4.78 is 1.73. The van der Waals surface area contributed by atoms with Crippen molar-refractivity contribution in [3.05, 3.63) is 76.5 Å². The number of carbonyl (C=O) groups is 3. The van der Waals surface area contributed by atoms with Crippen molar-refractivity contribution in [3.8, 4) is 5.75 Å². The molecule has 1 aliphatic carbocycles. The van der Waals surface area contributed by atoms with E-state index in [1.807, 2.05) is 34.8 Å². The average molecular weight is 563 g/mol. The Balaban J connectivity index is 0.000000666. The van der Waals surface area contributed by atoms with E-state index in [4.69, 9.17) is 5.11 Å². The van der Waals surface area contributed by atoms with E-state index in [-0.39, 0.29) is 35.6 Å². The second-order valence-electron chi connectivity index (χ2n) is 9.76. The zero-order valence-corrected chi connectivity index (χ0v) is 23.3. The Morgan fingerprint density at radius 3 is 2.42 bits per heavy atom. The number of amides is 2. The van der Waals surface area contributed by atoms with Crippen LogP contribution < -0.4 is 5.32 Å². The third-order valence-electron chi connectivity index (χ3n) is 7.01. The molecular formula is C30H34N4O5S. The highest BCUT2D eigenvalue weighted by Gasteiger charge is 2.24. The number of aliphatic carboxylic acids is 1. The van der Waals surface area contributed by atoms with Gasteiger partial charge in [0, 0.05) is 31.6 Å². The summed E-state index contributed by atoms with van der Waals surface area (Å²) in [5.74, 6) is -1.45. The van der Waals surface area contributed by atoms with Gasteiger partial charge in [0.2, 0.25) is 5.95 Å². The van der Waals surface area contributed by atoms with Gasteiger partial charge in [0.25, 0.3) is 11.8 Å². The third kappa shape index (κ3) is 7.26. The number of carbonyl (C=O) groups excluding carboxylic acids is 2. The minimum Gasteiger partial charge on any atom is -0.507 e. The summed E-state index contributed by atoms with van der Waals surface area (Å²) in [7, 11) is 1.84. The van der Waals surface area contributed by atoms with Crippen LogP contribution in [0.2, 0.25) is 0 Å². The first-order valence-electron chi connectivity index (χ1n) is 13.4. The zero-order chi connectivity index (χ0) is 28.5. The number of hydrogen-bond acceptors (Lipinski definition) is 6. The molecular weight excluding hydrogens is 528 g/mol. The number of phenolic OH excluding ortho intramolecular Hbond substituents is 1. The Morgan fingerprint density at radius 1 is 1.05 bits per heavy atom. The van der Waals surface area contributed by atoms with Crippen LogP contribution in [0.5, 0.6) is 5.75 Å². The fraction of sp³-hybridized carbons (Fsp3) is 0.333. The quantitative estimate of drug-likeness (QED) is 0.241. The molecule has 0 bridgehead atoms. The number of carboxylic acid groups (broad SMARTS) is 1. The van der Waals surface area contributed by atoms with Gasteiger partial charge in [-0.3, -0.25) is 19.7 Å². The first kappa shape index (κ1) is 28.8. The molecule has 2 amide bonds. The van der Waals surface area contributed by atoms with Gasteiger partial charge in [-0.15, -0.1) is 0 Å². The molecule has 9 nitrogen and oxygen atoms in total. The number of imidazole rings is 1. The van der Waals surface area contributed by atoms with E-state index in [0.29, 0.717) is 29.6 Å². The Labute approximate surface area is 237 Å². The van der Waals surface area contributed by atoms with Crippen molar-refractivity contribution < 1.29 is 24.6 Å². The van der Waals surface area contributed by atoms with E-state index < -0.39 is 11.9 Å². The summed E-state index contributed by atoms with van der Waals surface area (Å²) >= 11 is 1.71. The number of aromatic hydroxyl groups is 1. The average Bonchev–Trinajstić information content (AvgIpc) is 3.65. The molecule has 0 saturated heterocycles. The van der Waals surface area contributed by atoms with E-state index in [9.17, 15) is 19.5 Å². The number of hydrogen-bond donors (Lipinski definition) is 3. The van der Waals surface area contributed by atoms with Crippen LogP contribution in [0, 0.1) is 0 Å². The van der Waals surface area contributed by atoms with Crippen molar-refractivity contribution in [2.24, 2.45) is 0 Å². The number of para-hydroxylation sites is 1. The Bertz CT molecular complexity index is 1430. The molecule has 0 radical (unpaired) electrons. The molecule has 10 heteroatoms. The fourth-order valence-electron chi connectivity index (χ4n) is 4.87. The zero-order valence-electron chi connectivity index (χ0n) is 22.5. The van der Waals surface area contributed by atoms with E-state index in [1.165, 1.54) is 18.6 Å². The minimum atomic E-state index is -0.909. The number of benzene rings is 2. The van der Waals surface area contributed by atoms with Crippen LogP contribution in [0.1, 0.15) is 65.7 Å². The highest BCUT2D eigenvalue weighted by molar-refractivity contribution is 7.07. The van der Waals surface area contributed by atoms with Gasteiger partial charge in [-0.25, -0.2) is 4.98 Å². The Morgan fingerprint density at radius 2 is 1.77 bits per heavy atom. The summed E-state index contributed by atoms with van der Waals surface area (Å²) in [5, 5.41) is 25.9. The molecule has 0 unspecified atom stereocenters. The monoisotopic (exact) mass is 562 g/mol. The van der Waals surface area contributed by atoms with Gasteiger partial charge in [-0.1, -0.05) is 43.5 Å². The normalized spacial score (nSPS) is 13.3. The highest BCUT2D eigenvalue weighted by atomic mass is 32.1. The van der Waals surface area contributed by atoms with Crippen molar-refractivity contribution in [1.82, 2.24) is 14.5 Å². The number of nitrogens with zero attached hydrogens (tertiary/aromatic N) is 3. The van der Waals surface area contributed by atoms with Crippen molar-refractivity contribution in [2.75, 3.05) is 12.4 Å². The molecule has 4 aromatic rings. The maximum absolute atomic E-state index is 13.2. The van der Waals surface area contributed by atoms with E-state index in [0.717, 1.165) is 25.7 Å². The summed E-state index contributed by atoms with van der Waals surface area (Å²) in [6.07, 6.45) is 5.78. The molecule has 0 aliphatic heterocycles. The Hall–Kier alpha value is -4.18. The van der Waals surface area contributed by atoms with Crippen LogP contribution in [-0.2, 0) is 11.3 Å². The number of thiophene rings is 1. The number of aromatic nitrogens is 2. The molecule has 1 saturated carbocycles. The van der Waals surface area contributed by atoms with Crippen molar-refractivity contribution in [3.63, 3.8) is 0 Å². The first-order valence-corrected chi connectivity index (χ1v) is 14.3.